The molecule has 0 amide bonds. The Morgan fingerprint density at radius 3 is 2.50 bits per heavy atom. The first-order valence-electron chi connectivity index (χ1n) is 2.40. The summed E-state index contributed by atoms with van der Waals surface area (Å²) in [7, 11) is 0. The van der Waals surface area contributed by atoms with E-state index in [-0.39, 0.29) is 10.9 Å². The first-order valence-corrected chi connectivity index (χ1v) is 3.75. The zero-order valence-electron chi connectivity index (χ0n) is 4.72. The van der Waals surface area contributed by atoms with Crippen LogP contribution in [0.3, 0.4) is 0 Å². The number of aromatic nitrogens is 2. The molecule has 0 radical (unpaired) electrons. The van der Waals surface area contributed by atoms with Gasteiger partial charge in [0.25, 0.3) is 6.43 Å². The molecule has 2 nitrogen and oxygen atoms in total. The van der Waals surface area contributed by atoms with Gasteiger partial charge in [-0.1, -0.05) is 11.3 Å². The summed E-state index contributed by atoms with van der Waals surface area (Å²) in [5.41, 5.74) is 0. The minimum atomic E-state index is -2.53. The van der Waals surface area contributed by atoms with Crippen molar-refractivity contribution in [3.63, 3.8) is 0 Å². The standard InChI is InChI=1S/C4H3ClF2N2S/c5-1-2-8-9-4(10-2)3(6)7/h3H,1H2. The molecule has 1 rings (SSSR count). The van der Waals surface area contributed by atoms with Crippen LogP contribution in [0.2, 0.25) is 0 Å². The number of rotatable bonds is 2. The van der Waals surface area contributed by atoms with E-state index in [2.05, 4.69) is 10.2 Å². The first kappa shape index (κ1) is 7.81. The maximum Gasteiger partial charge on any atom is 0.291 e. The van der Waals surface area contributed by atoms with Gasteiger partial charge < -0.3 is 0 Å². The fourth-order valence-corrected chi connectivity index (χ4v) is 1.17. The van der Waals surface area contributed by atoms with Crippen LogP contribution in [0.4, 0.5) is 8.78 Å². The summed E-state index contributed by atoms with van der Waals surface area (Å²) >= 11 is 6.14. The van der Waals surface area contributed by atoms with Crippen molar-refractivity contribution in [1.29, 1.82) is 0 Å². The Labute approximate surface area is 64.8 Å². The quantitative estimate of drug-likeness (QED) is 0.659. The molecule has 0 bridgehead atoms. The Balaban J connectivity index is 2.78. The van der Waals surface area contributed by atoms with E-state index in [1.54, 1.807) is 0 Å². The minimum absolute atomic E-state index is 0.143. The smallest absolute Gasteiger partial charge is 0.202 e. The van der Waals surface area contributed by atoms with E-state index in [0.717, 1.165) is 11.3 Å². The molecule has 1 heterocycles. The van der Waals surface area contributed by atoms with Crippen molar-refractivity contribution in [3.8, 4) is 0 Å². The number of hydrogen-bond donors (Lipinski definition) is 0. The Hall–Kier alpha value is -0.290. The summed E-state index contributed by atoms with van der Waals surface area (Å²) in [6.07, 6.45) is -2.53. The Morgan fingerprint density at radius 1 is 1.50 bits per heavy atom. The number of halogens is 3. The molecule has 1 aromatic heterocycles. The van der Waals surface area contributed by atoms with Crippen LogP contribution in [-0.2, 0) is 5.88 Å². The average Bonchev–Trinajstić information content (AvgIpc) is 2.34. The van der Waals surface area contributed by atoms with Crippen LogP contribution < -0.4 is 0 Å². The second-order valence-corrected chi connectivity index (χ2v) is 2.83. The molecule has 0 N–H and O–H groups in total. The normalized spacial score (nSPS) is 10.8. The zero-order chi connectivity index (χ0) is 7.56. The van der Waals surface area contributed by atoms with Crippen molar-refractivity contribution in [2.75, 3.05) is 0 Å². The fourth-order valence-electron chi connectivity index (χ4n) is 0.409. The average molecular weight is 185 g/mol. The van der Waals surface area contributed by atoms with E-state index in [4.69, 9.17) is 11.6 Å². The van der Waals surface area contributed by atoms with Gasteiger partial charge in [0.1, 0.15) is 5.01 Å². The molecule has 0 atom stereocenters. The summed E-state index contributed by atoms with van der Waals surface area (Å²) < 4.78 is 23.6. The zero-order valence-corrected chi connectivity index (χ0v) is 6.29. The van der Waals surface area contributed by atoms with Crippen LogP contribution in [-0.4, -0.2) is 10.2 Å². The third-order valence-electron chi connectivity index (χ3n) is 0.783. The molecule has 0 aliphatic carbocycles. The largest absolute Gasteiger partial charge is 0.291 e. The number of nitrogens with zero attached hydrogens (tertiary/aromatic N) is 2. The Morgan fingerprint density at radius 2 is 2.20 bits per heavy atom. The SMILES string of the molecule is FC(F)c1nnc(CCl)s1. The van der Waals surface area contributed by atoms with Gasteiger partial charge >= 0.3 is 0 Å². The third kappa shape index (κ3) is 1.60. The molecule has 56 valence electrons. The third-order valence-corrected chi connectivity index (χ3v) is 2.13. The molecule has 0 saturated heterocycles. The van der Waals surface area contributed by atoms with E-state index in [1.807, 2.05) is 0 Å². The van der Waals surface area contributed by atoms with Crippen LogP contribution in [0, 0.1) is 0 Å². The highest BCUT2D eigenvalue weighted by molar-refractivity contribution is 7.11. The lowest BCUT2D eigenvalue weighted by Crippen LogP contribution is -1.80. The molecule has 6 heteroatoms. The minimum Gasteiger partial charge on any atom is -0.202 e. The summed E-state index contributed by atoms with van der Waals surface area (Å²) in [5.74, 6) is 0.143. The molecule has 0 unspecified atom stereocenters. The first-order chi connectivity index (χ1) is 4.74. The van der Waals surface area contributed by atoms with E-state index >= 15 is 0 Å². The van der Waals surface area contributed by atoms with Gasteiger partial charge in [-0.15, -0.1) is 21.8 Å². The summed E-state index contributed by atoms with van der Waals surface area (Å²) in [6.45, 7) is 0. The lowest BCUT2D eigenvalue weighted by molar-refractivity contribution is 0.150. The second-order valence-electron chi connectivity index (χ2n) is 1.47. The predicted molar refractivity (Wildman–Crippen MR) is 34.4 cm³/mol. The molecule has 0 aliphatic heterocycles. The van der Waals surface area contributed by atoms with E-state index in [0.29, 0.717) is 5.01 Å². The molecule has 0 saturated carbocycles. The van der Waals surface area contributed by atoms with E-state index in [1.165, 1.54) is 0 Å². The number of hydrogen-bond acceptors (Lipinski definition) is 3. The van der Waals surface area contributed by atoms with E-state index < -0.39 is 6.43 Å². The molecule has 0 fully saturated rings. The van der Waals surface area contributed by atoms with Crippen molar-refractivity contribution in [2.24, 2.45) is 0 Å². The lowest BCUT2D eigenvalue weighted by atomic mass is 10.8. The molecular formula is C4H3ClF2N2S. The van der Waals surface area contributed by atoms with Crippen LogP contribution in [0.15, 0.2) is 0 Å². The van der Waals surface area contributed by atoms with Crippen molar-refractivity contribution in [3.05, 3.63) is 10.0 Å². The highest BCUT2D eigenvalue weighted by Gasteiger charge is 2.12. The second kappa shape index (κ2) is 3.21. The highest BCUT2D eigenvalue weighted by Crippen LogP contribution is 2.22. The summed E-state index contributed by atoms with van der Waals surface area (Å²) in [4.78, 5) is 0. The number of alkyl halides is 3. The van der Waals surface area contributed by atoms with E-state index in [9.17, 15) is 8.78 Å². The van der Waals surface area contributed by atoms with Gasteiger partial charge in [0.15, 0.2) is 5.01 Å². The predicted octanol–water partition coefficient (Wildman–Crippen LogP) is 2.21. The molecular weight excluding hydrogens is 182 g/mol. The Bertz CT molecular complexity index is 215. The van der Waals surface area contributed by atoms with Crippen molar-refractivity contribution in [2.45, 2.75) is 12.3 Å². The highest BCUT2D eigenvalue weighted by atomic mass is 35.5. The van der Waals surface area contributed by atoms with Crippen LogP contribution in [0.1, 0.15) is 16.4 Å². The fraction of sp³-hybridized carbons (Fsp3) is 0.500. The maximum atomic E-state index is 11.8. The lowest BCUT2D eigenvalue weighted by Gasteiger charge is -1.84. The van der Waals surface area contributed by atoms with Crippen molar-refractivity contribution < 1.29 is 8.78 Å². The van der Waals surface area contributed by atoms with Crippen LogP contribution >= 0.6 is 22.9 Å². The molecule has 0 spiro atoms. The van der Waals surface area contributed by atoms with Gasteiger partial charge in [-0.3, -0.25) is 0 Å². The molecule has 10 heavy (non-hydrogen) atoms. The van der Waals surface area contributed by atoms with Gasteiger partial charge in [-0.25, -0.2) is 8.78 Å². The van der Waals surface area contributed by atoms with Crippen LogP contribution in [0.5, 0.6) is 0 Å². The topological polar surface area (TPSA) is 25.8 Å². The molecule has 0 aliphatic rings. The molecule has 0 aromatic carbocycles. The maximum absolute atomic E-state index is 11.8. The van der Waals surface area contributed by atoms with Crippen molar-refractivity contribution >= 4 is 22.9 Å². The van der Waals surface area contributed by atoms with Gasteiger partial charge in [0, 0.05) is 0 Å². The Kier molecular flexibility index (Phi) is 2.50. The van der Waals surface area contributed by atoms with Crippen LogP contribution in [0.25, 0.3) is 0 Å². The van der Waals surface area contributed by atoms with Gasteiger partial charge in [-0.2, -0.15) is 0 Å². The van der Waals surface area contributed by atoms with Gasteiger partial charge in [-0.05, 0) is 0 Å². The van der Waals surface area contributed by atoms with Gasteiger partial charge in [0.05, 0.1) is 5.88 Å². The summed E-state index contributed by atoms with van der Waals surface area (Å²) in [6, 6.07) is 0. The van der Waals surface area contributed by atoms with Gasteiger partial charge in [0.2, 0.25) is 0 Å². The molecule has 1 aromatic rings. The summed E-state index contributed by atoms with van der Waals surface area (Å²) in [5, 5.41) is 6.79. The monoisotopic (exact) mass is 184 g/mol. The van der Waals surface area contributed by atoms with Crippen molar-refractivity contribution in [1.82, 2.24) is 10.2 Å².